The number of nitriles is 1. The van der Waals surface area contributed by atoms with Gasteiger partial charge in [-0.15, -0.1) is 0 Å². The zero-order valence-corrected chi connectivity index (χ0v) is 9.29. The molecule has 2 rings (SSSR count). The van der Waals surface area contributed by atoms with Gasteiger partial charge in [0.1, 0.15) is 6.07 Å². The van der Waals surface area contributed by atoms with Crippen molar-refractivity contribution >= 4 is 0 Å². The average Bonchev–Trinajstić information content (AvgIpc) is 2.34. The van der Waals surface area contributed by atoms with Crippen LogP contribution in [0.1, 0.15) is 16.8 Å². The molecule has 2 aromatic heterocycles. The number of rotatable bonds is 2. The van der Waals surface area contributed by atoms with Crippen molar-refractivity contribution in [2.24, 2.45) is 0 Å². The summed E-state index contributed by atoms with van der Waals surface area (Å²) in [6, 6.07) is 6.89. The highest BCUT2D eigenvalue weighted by atomic mass is 16.1. The third-order valence-electron chi connectivity index (χ3n) is 2.38. The van der Waals surface area contributed by atoms with E-state index in [-0.39, 0.29) is 5.56 Å². The Balaban J connectivity index is 2.39. The molecule has 84 valence electrons. The van der Waals surface area contributed by atoms with E-state index in [2.05, 4.69) is 10.1 Å². The first kappa shape index (κ1) is 11.0. The first-order valence-corrected chi connectivity index (χ1v) is 5.08. The number of hydrogen-bond acceptors (Lipinski definition) is 4. The first-order valence-electron chi connectivity index (χ1n) is 5.08. The van der Waals surface area contributed by atoms with Crippen LogP contribution < -0.4 is 5.56 Å². The van der Waals surface area contributed by atoms with Crippen LogP contribution in [0.15, 0.2) is 35.4 Å². The number of nitrogens with zero attached hydrogens (tertiary/aromatic N) is 4. The normalized spacial score (nSPS) is 9.88. The Hall–Kier alpha value is -2.48. The van der Waals surface area contributed by atoms with Crippen molar-refractivity contribution < 1.29 is 0 Å². The van der Waals surface area contributed by atoms with E-state index in [1.54, 1.807) is 19.3 Å². The third-order valence-corrected chi connectivity index (χ3v) is 2.38. The topological polar surface area (TPSA) is 71.6 Å². The lowest BCUT2D eigenvalue weighted by molar-refractivity contribution is 0.626. The van der Waals surface area contributed by atoms with Gasteiger partial charge < -0.3 is 0 Å². The van der Waals surface area contributed by atoms with Crippen molar-refractivity contribution in [2.45, 2.75) is 13.5 Å². The lowest BCUT2D eigenvalue weighted by atomic mass is 10.2. The molecule has 0 aliphatic heterocycles. The van der Waals surface area contributed by atoms with E-state index in [9.17, 15) is 4.79 Å². The second kappa shape index (κ2) is 4.58. The highest BCUT2D eigenvalue weighted by Crippen LogP contribution is 2.01. The molecule has 0 saturated carbocycles. The summed E-state index contributed by atoms with van der Waals surface area (Å²) in [5.74, 6) is 0. The van der Waals surface area contributed by atoms with Gasteiger partial charge in [-0.25, -0.2) is 4.68 Å². The Morgan fingerprint density at radius 2 is 2.12 bits per heavy atom. The molecule has 0 atom stereocenters. The van der Waals surface area contributed by atoms with Gasteiger partial charge in [-0.3, -0.25) is 9.78 Å². The maximum absolute atomic E-state index is 11.7. The molecule has 0 amide bonds. The zero-order valence-electron chi connectivity index (χ0n) is 9.29. The standard InChI is InChI=1S/C12H10N4O/c1-9-11(7-13)6-12(17)16(15-9)8-10-2-4-14-5-3-10/h2-6H,8H2,1H3. The molecule has 17 heavy (non-hydrogen) atoms. The molecule has 0 aliphatic carbocycles. The Labute approximate surface area is 98.0 Å². The molecule has 2 aromatic rings. The smallest absolute Gasteiger partial charge is 0.268 e. The zero-order chi connectivity index (χ0) is 12.3. The molecule has 0 spiro atoms. The van der Waals surface area contributed by atoms with Crippen molar-refractivity contribution in [1.29, 1.82) is 5.26 Å². The first-order chi connectivity index (χ1) is 8.20. The third kappa shape index (κ3) is 2.37. The minimum absolute atomic E-state index is 0.274. The van der Waals surface area contributed by atoms with Crippen molar-refractivity contribution in [3.8, 4) is 6.07 Å². The Kier molecular flexibility index (Phi) is 2.97. The predicted octanol–water partition coefficient (Wildman–Crippen LogP) is 0.867. The van der Waals surface area contributed by atoms with Crippen LogP contribution >= 0.6 is 0 Å². The Bertz CT molecular complexity index is 625. The fourth-order valence-electron chi connectivity index (χ4n) is 1.47. The summed E-state index contributed by atoms with van der Waals surface area (Å²) < 4.78 is 1.34. The summed E-state index contributed by atoms with van der Waals surface area (Å²) in [7, 11) is 0. The predicted molar refractivity (Wildman–Crippen MR) is 61.3 cm³/mol. The van der Waals surface area contributed by atoms with Crippen LogP contribution in [0, 0.1) is 18.3 Å². The maximum atomic E-state index is 11.7. The summed E-state index contributed by atoms with van der Waals surface area (Å²) in [6.45, 7) is 2.09. The fraction of sp³-hybridized carbons (Fsp3) is 0.167. The molecule has 0 unspecified atom stereocenters. The number of hydrogen-bond donors (Lipinski definition) is 0. The Morgan fingerprint density at radius 1 is 1.41 bits per heavy atom. The van der Waals surface area contributed by atoms with Crippen LogP contribution in [0.25, 0.3) is 0 Å². The van der Waals surface area contributed by atoms with E-state index in [0.29, 0.717) is 17.8 Å². The van der Waals surface area contributed by atoms with Gasteiger partial charge in [0.05, 0.1) is 17.8 Å². The van der Waals surface area contributed by atoms with Crippen LogP contribution in [-0.4, -0.2) is 14.8 Å². The second-order valence-electron chi connectivity index (χ2n) is 3.61. The molecule has 0 radical (unpaired) electrons. The number of pyridine rings is 1. The average molecular weight is 226 g/mol. The van der Waals surface area contributed by atoms with Crippen LogP contribution in [0.3, 0.4) is 0 Å². The van der Waals surface area contributed by atoms with Gasteiger partial charge in [0.25, 0.3) is 5.56 Å². The van der Waals surface area contributed by atoms with Crippen molar-refractivity contribution in [3.63, 3.8) is 0 Å². The fourth-order valence-corrected chi connectivity index (χ4v) is 1.47. The minimum atomic E-state index is -0.274. The quantitative estimate of drug-likeness (QED) is 0.761. The van der Waals surface area contributed by atoms with Crippen LogP contribution in [0.4, 0.5) is 0 Å². The lowest BCUT2D eigenvalue weighted by Gasteiger charge is -2.05. The summed E-state index contributed by atoms with van der Waals surface area (Å²) in [5, 5.41) is 12.9. The van der Waals surface area contributed by atoms with Gasteiger partial charge in [-0.05, 0) is 24.6 Å². The van der Waals surface area contributed by atoms with Gasteiger partial charge in [-0.1, -0.05) is 0 Å². The summed E-state index contributed by atoms with van der Waals surface area (Å²) in [6.07, 6.45) is 3.33. The monoisotopic (exact) mass is 226 g/mol. The van der Waals surface area contributed by atoms with E-state index in [4.69, 9.17) is 5.26 Å². The van der Waals surface area contributed by atoms with Crippen LogP contribution in [0.5, 0.6) is 0 Å². The van der Waals surface area contributed by atoms with Gasteiger partial charge in [0.15, 0.2) is 0 Å². The van der Waals surface area contributed by atoms with Gasteiger partial charge in [-0.2, -0.15) is 10.4 Å². The SMILES string of the molecule is Cc1nn(Cc2ccncc2)c(=O)cc1C#N. The van der Waals surface area contributed by atoms with Crippen molar-refractivity contribution in [2.75, 3.05) is 0 Å². The summed E-state index contributed by atoms with van der Waals surface area (Å²) in [5.41, 5.74) is 1.55. The highest BCUT2D eigenvalue weighted by molar-refractivity contribution is 5.30. The molecule has 0 aromatic carbocycles. The van der Waals surface area contributed by atoms with Gasteiger partial charge >= 0.3 is 0 Å². The molecule has 0 N–H and O–H groups in total. The molecular formula is C12H10N4O. The lowest BCUT2D eigenvalue weighted by Crippen LogP contribution is -2.24. The number of aryl methyl sites for hydroxylation is 1. The van der Waals surface area contributed by atoms with Gasteiger partial charge in [0.2, 0.25) is 0 Å². The molecule has 5 heteroatoms. The largest absolute Gasteiger partial charge is 0.268 e. The number of aromatic nitrogens is 3. The molecule has 0 bridgehead atoms. The molecule has 0 aliphatic rings. The Morgan fingerprint density at radius 3 is 2.76 bits per heavy atom. The van der Waals surface area contributed by atoms with E-state index >= 15 is 0 Å². The van der Waals surface area contributed by atoms with Crippen LogP contribution in [-0.2, 0) is 6.54 Å². The second-order valence-corrected chi connectivity index (χ2v) is 3.61. The summed E-state index contributed by atoms with van der Waals surface area (Å²) in [4.78, 5) is 15.6. The molecule has 0 fully saturated rings. The highest BCUT2D eigenvalue weighted by Gasteiger charge is 2.04. The van der Waals surface area contributed by atoms with E-state index in [1.807, 2.05) is 18.2 Å². The van der Waals surface area contributed by atoms with Crippen molar-refractivity contribution in [3.05, 3.63) is 57.8 Å². The molecular weight excluding hydrogens is 216 g/mol. The van der Waals surface area contributed by atoms with E-state index < -0.39 is 0 Å². The van der Waals surface area contributed by atoms with Gasteiger partial charge in [0, 0.05) is 18.5 Å². The van der Waals surface area contributed by atoms with E-state index in [1.165, 1.54) is 10.7 Å². The van der Waals surface area contributed by atoms with E-state index in [0.717, 1.165) is 5.56 Å². The molecule has 5 nitrogen and oxygen atoms in total. The molecule has 0 saturated heterocycles. The minimum Gasteiger partial charge on any atom is -0.268 e. The molecule has 2 heterocycles. The summed E-state index contributed by atoms with van der Waals surface area (Å²) >= 11 is 0. The van der Waals surface area contributed by atoms with Crippen molar-refractivity contribution in [1.82, 2.24) is 14.8 Å². The maximum Gasteiger partial charge on any atom is 0.268 e. The van der Waals surface area contributed by atoms with Crippen LogP contribution in [0.2, 0.25) is 0 Å².